The van der Waals surface area contributed by atoms with Crippen LogP contribution < -0.4 is 0 Å². The molecule has 5 nitrogen and oxygen atoms in total. The lowest BCUT2D eigenvalue weighted by atomic mass is 9.87. The van der Waals surface area contributed by atoms with Gasteiger partial charge in [0.25, 0.3) is 6.29 Å². The molecule has 0 bridgehead atoms. The van der Waals surface area contributed by atoms with Gasteiger partial charge in [0.05, 0.1) is 12.0 Å². The maximum absolute atomic E-state index is 12.6. The van der Waals surface area contributed by atoms with E-state index in [1.165, 1.54) is 6.42 Å². The van der Waals surface area contributed by atoms with Crippen LogP contribution in [0.1, 0.15) is 79.1 Å². The maximum atomic E-state index is 12.6. The van der Waals surface area contributed by atoms with E-state index in [1.807, 2.05) is 6.92 Å². The molecule has 0 aromatic rings. The Morgan fingerprint density at radius 3 is 2.42 bits per heavy atom. The first-order valence-electron chi connectivity index (χ1n) is 9.50. The van der Waals surface area contributed by atoms with E-state index in [1.54, 1.807) is 0 Å². The second-order valence-corrected chi connectivity index (χ2v) is 8.78. The van der Waals surface area contributed by atoms with Crippen LogP contribution in [0, 0.1) is 11.3 Å². The van der Waals surface area contributed by atoms with Crippen LogP contribution in [0.4, 0.5) is 0 Å². The number of carbonyl (C=O) groups is 1. The molecule has 2 heterocycles. The number of fused-ring (bicyclic) bond motifs is 1. The van der Waals surface area contributed by atoms with Gasteiger partial charge in [0.15, 0.2) is 5.79 Å². The van der Waals surface area contributed by atoms with Crippen LogP contribution in [0.25, 0.3) is 0 Å². The molecule has 2 saturated heterocycles. The highest BCUT2D eigenvalue weighted by molar-refractivity contribution is 5.73. The van der Waals surface area contributed by atoms with Crippen LogP contribution in [0.2, 0.25) is 0 Å². The molecule has 5 heteroatoms. The third kappa shape index (κ3) is 4.12. The van der Waals surface area contributed by atoms with E-state index < -0.39 is 18.4 Å². The molecule has 4 unspecified atom stereocenters. The summed E-state index contributed by atoms with van der Waals surface area (Å²) in [7, 11) is 0. The summed E-state index contributed by atoms with van der Waals surface area (Å²) in [6.07, 6.45) is 6.39. The fraction of sp³-hybridized carbons (Fsp3) is 0.947. The predicted octanol–water partition coefficient (Wildman–Crippen LogP) is 4.14. The van der Waals surface area contributed by atoms with Crippen LogP contribution in [0.15, 0.2) is 0 Å². The summed E-state index contributed by atoms with van der Waals surface area (Å²) in [5.74, 6) is -1.06. The third-order valence-electron chi connectivity index (χ3n) is 5.39. The van der Waals surface area contributed by atoms with Crippen molar-refractivity contribution in [3.05, 3.63) is 0 Å². The van der Waals surface area contributed by atoms with E-state index in [0.717, 1.165) is 44.9 Å². The van der Waals surface area contributed by atoms with E-state index in [0.29, 0.717) is 0 Å². The van der Waals surface area contributed by atoms with Gasteiger partial charge in [-0.2, -0.15) is 0 Å². The van der Waals surface area contributed by atoms with Gasteiger partial charge in [0, 0.05) is 12.8 Å². The summed E-state index contributed by atoms with van der Waals surface area (Å²) in [6, 6.07) is 0. The SMILES string of the molecule is CC1OC2OC3(CCCCC3)OC2OC(=O)C1CCCC(C)(C)C. The number of hydrogen-bond donors (Lipinski definition) is 0. The van der Waals surface area contributed by atoms with Gasteiger partial charge in [-0.3, -0.25) is 4.79 Å². The number of ether oxygens (including phenoxy) is 4. The van der Waals surface area contributed by atoms with Gasteiger partial charge in [-0.1, -0.05) is 33.6 Å². The molecule has 0 amide bonds. The minimum Gasteiger partial charge on any atom is -0.430 e. The standard InChI is InChI=1S/C19H32O5/c1-13-14(9-8-10-18(2,3)4)15(20)22-17-16(21-13)23-19(24-17)11-6-5-7-12-19/h13-14,16-17H,5-12H2,1-4H3. The fourth-order valence-corrected chi connectivity index (χ4v) is 3.96. The van der Waals surface area contributed by atoms with Crippen LogP contribution in [-0.2, 0) is 23.7 Å². The second-order valence-electron chi connectivity index (χ2n) is 8.78. The lowest BCUT2D eigenvalue weighted by molar-refractivity contribution is -0.240. The van der Waals surface area contributed by atoms with Gasteiger partial charge in [-0.25, -0.2) is 0 Å². The molecule has 3 fully saturated rings. The van der Waals surface area contributed by atoms with Gasteiger partial charge in [-0.05, 0) is 38.0 Å². The van der Waals surface area contributed by atoms with E-state index in [2.05, 4.69) is 20.8 Å². The molecule has 0 aromatic carbocycles. The summed E-state index contributed by atoms with van der Waals surface area (Å²) in [5.41, 5.74) is 0.273. The highest BCUT2D eigenvalue weighted by Gasteiger charge is 2.53. The monoisotopic (exact) mass is 340 g/mol. The molecule has 1 aliphatic carbocycles. The molecule has 3 rings (SSSR count). The molecule has 2 aliphatic heterocycles. The third-order valence-corrected chi connectivity index (χ3v) is 5.39. The summed E-state index contributed by atoms with van der Waals surface area (Å²) >= 11 is 0. The minimum atomic E-state index is -0.717. The van der Waals surface area contributed by atoms with Gasteiger partial charge >= 0.3 is 5.97 Å². The first kappa shape index (κ1) is 18.2. The Morgan fingerprint density at radius 1 is 1.08 bits per heavy atom. The van der Waals surface area contributed by atoms with Crippen molar-refractivity contribution in [1.82, 2.24) is 0 Å². The minimum absolute atomic E-state index is 0.208. The average molecular weight is 340 g/mol. The number of rotatable bonds is 3. The lowest BCUT2D eigenvalue weighted by Gasteiger charge is -2.32. The first-order chi connectivity index (χ1) is 11.3. The molecule has 138 valence electrons. The molecule has 0 N–H and O–H groups in total. The molecule has 1 saturated carbocycles. The van der Waals surface area contributed by atoms with Gasteiger partial charge < -0.3 is 18.9 Å². The first-order valence-corrected chi connectivity index (χ1v) is 9.50. The topological polar surface area (TPSA) is 54.0 Å². The summed E-state index contributed by atoms with van der Waals surface area (Å²) < 4.78 is 23.7. The van der Waals surface area contributed by atoms with E-state index in [4.69, 9.17) is 18.9 Å². The smallest absolute Gasteiger partial charge is 0.314 e. The van der Waals surface area contributed by atoms with Crippen molar-refractivity contribution < 1.29 is 23.7 Å². The zero-order valence-electron chi connectivity index (χ0n) is 15.5. The number of esters is 1. The average Bonchev–Trinajstić information content (AvgIpc) is 2.74. The maximum Gasteiger partial charge on any atom is 0.314 e. The van der Waals surface area contributed by atoms with Crippen molar-refractivity contribution in [2.45, 2.75) is 104 Å². The molecule has 0 aromatic heterocycles. The largest absolute Gasteiger partial charge is 0.430 e. The Morgan fingerprint density at radius 2 is 1.75 bits per heavy atom. The molecular weight excluding hydrogens is 308 g/mol. The van der Waals surface area contributed by atoms with Crippen LogP contribution in [0.5, 0.6) is 0 Å². The van der Waals surface area contributed by atoms with Crippen molar-refractivity contribution in [2.75, 3.05) is 0 Å². The summed E-state index contributed by atoms with van der Waals surface area (Å²) in [5, 5.41) is 0. The summed E-state index contributed by atoms with van der Waals surface area (Å²) in [4.78, 5) is 12.6. The van der Waals surface area contributed by atoms with Crippen LogP contribution in [-0.4, -0.2) is 30.4 Å². The Balaban J connectivity index is 1.59. The Kier molecular flexibility index (Phi) is 5.24. The number of hydrogen-bond acceptors (Lipinski definition) is 5. The van der Waals surface area contributed by atoms with Gasteiger partial charge in [-0.15, -0.1) is 0 Å². The Hall–Kier alpha value is -0.650. The van der Waals surface area contributed by atoms with E-state index in [9.17, 15) is 4.79 Å². The molecule has 24 heavy (non-hydrogen) atoms. The quantitative estimate of drug-likeness (QED) is 0.723. The van der Waals surface area contributed by atoms with Crippen LogP contribution in [0.3, 0.4) is 0 Å². The van der Waals surface area contributed by atoms with Crippen molar-refractivity contribution in [3.63, 3.8) is 0 Å². The van der Waals surface area contributed by atoms with E-state index in [-0.39, 0.29) is 23.4 Å². The van der Waals surface area contributed by atoms with Crippen LogP contribution >= 0.6 is 0 Å². The Bertz CT molecular complexity index is 449. The zero-order valence-corrected chi connectivity index (χ0v) is 15.5. The van der Waals surface area contributed by atoms with Crippen molar-refractivity contribution in [3.8, 4) is 0 Å². The summed E-state index contributed by atoms with van der Waals surface area (Å²) in [6.45, 7) is 8.59. The van der Waals surface area contributed by atoms with Crippen molar-refractivity contribution in [1.29, 1.82) is 0 Å². The molecule has 3 aliphatic rings. The molecule has 4 atom stereocenters. The number of carbonyl (C=O) groups excluding carboxylic acids is 1. The highest BCUT2D eigenvalue weighted by Crippen LogP contribution is 2.43. The fourth-order valence-electron chi connectivity index (χ4n) is 3.96. The normalized spacial score (nSPS) is 36.2. The molecule has 1 spiro atoms. The second kappa shape index (κ2) is 6.93. The van der Waals surface area contributed by atoms with Gasteiger partial charge in [0.2, 0.25) is 6.29 Å². The predicted molar refractivity (Wildman–Crippen MR) is 89.0 cm³/mol. The van der Waals surface area contributed by atoms with Crippen molar-refractivity contribution in [2.24, 2.45) is 11.3 Å². The Labute approximate surface area is 145 Å². The molecule has 0 radical (unpaired) electrons. The van der Waals surface area contributed by atoms with E-state index >= 15 is 0 Å². The zero-order chi connectivity index (χ0) is 17.4. The lowest BCUT2D eigenvalue weighted by Crippen LogP contribution is -2.36. The van der Waals surface area contributed by atoms with Crippen molar-refractivity contribution >= 4 is 5.97 Å². The highest BCUT2D eigenvalue weighted by atomic mass is 16.9. The molecular formula is C19H32O5. The van der Waals surface area contributed by atoms with Gasteiger partial charge in [0.1, 0.15) is 0 Å².